The maximum Gasteiger partial charge on any atom is 0.305 e. The number of nitrogens with zero attached hydrogens (tertiary/aromatic N) is 1. The Balaban J connectivity index is 1.77. The van der Waals surface area contributed by atoms with Crippen LogP contribution in [0.3, 0.4) is 0 Å². The predicted octanol–water partition coefficient (Wildman–Crippen LogP) is 1.67. The monoisotopic (exact) mass is 338 g/mol. The Bertz CT molecular complexity index is 544. The number of amides is 2. The summed E-state index contributed by atoms with van der Waals surface area (Å²) < 4.78 is 4.55. The molecular formula is C16H22N2O4S. The summed E-state index contributed by atoms with van der Waals surface area (Å²) in [7, 11) is 1.35. The van der Waals surface area contributed by atoms with Crippen LogP contribution in [0.1, 0.15) is 35.4 Å². The molecule has 1 aromatic heterocycles. The molecule has 2 amide bonds. The highest BCUT2D eigenvalue weighted by Crippen LogP contribution is 2.20. The van der Waals surface area contributed by atoms with E-state index in [4.69, 9.17) is 0 Å². The Kier molecular flexibility index (Phi) is 6.58. The smallest absolute Gasteiger partial charge is 0.305 e. The van der Waals surface area contributed by atoms with Gasteiger partial charge in [0.05, 0.1) is 17.9 Å². The molecule has 1 N–H and O–H groups in total. The van der Waals surface area contributed by atoms with Crippen LogP contribution < -0.4 is 5.32 Å². The second kappa shape index (κ2) is 8.67. The van der Waals surface area contributed by atoms with Crippen LogP contribution in [-0.2, 0) is 14.3 Å². The molecule has 1 saturated heterocycles. The van der Waals surface area contributed by atoms with Gasteiger partial charge in [-0.05, 0) is 30.7 Å². The van der Waals surface area contributed by atoms with Gasteiger partial charge in [-0.15, -0.1) is 11.3 Å². The maximum absolute atomic E-state index is 12.4. The van der Waals surface area contributed by atoms with Crippen molar-refractivity contribution in [3.8, 4) is 0 Å². The number of esters is 1. The number of carbonyl (C=O) groups is 3. The van der Waals surface area contributed by atoms with E-state index in [0.29, 0.717) is 37.4 Å². The molecule has 0 spiro atoms. The fourth-order valence-corrected chi connectivity index (χ4v) is 3.31. The third kappa shape index (κ3) is 5.06. The molecule has 0 saturated carbocycles. The normalized spacial score (nSPS) is 17.6. The Labute approximate surface area is 139 Å². The van der Waals surface area contributed by atoms with Crippen molar-refractivity contribution in [1.82, 2.24) is 10.2 Å². The van der Waals surface area contributed by atoms with Gasteiger partial charge in [0.25, 0.3) is 5.91 Å². The van der Waals surface area contributed by atoms with Crippen molar-refractivity contribution in [3.63, 3.8) is 0 Å². The first kappa shape index (κ1) is 17.5. The molecule has 1 aliphatic rings. The van der Waals surface area contributed by atoms with E-state index in [0.717, 1.165) is 12.8 Å². The topological polar surface area (TPSA) is 75.7 Å². The summed E-state index contributed by atoms with van der Waals surface area (Å²) in [6, 6.07) is 3.66. The lowest BCUT2D eigenvalue weighted by molar-refractivity contribution is -0.140. The number of piperidine rings is 1. The molecule has 1 atom stereocenters. The molecule has 1 fully saturated rings. The van der Waals surface area contributed by atoms with E-state index in [2.05, 4.69) is 10.1 Å². The van der Waals surface area contributed by atoms with Crippen molar-refractivity contribution >= 4 is 29.1 Å². The zero-order valence-electron chi connectivity index (χ0n) is 13.2. The first-order valence-corrected chi connectivity index (χ1v) is 8.67. The number of methoxy groups -OCH3 is 1. The van der Waals surface area contributed by atoms with Crippen LogP contribution in [0.25, 0.3) is 0 Å². The van der Waals surface area contributed by atoms with Gasteiger partial charge in [-0.25, -0.2) is 0 Å². The lowest BCUT2D eigenvalue weighted by Crippen LogP contribution is -2.45. The predicted molar refractivity (Wildman–Crippen MR) is 87.2 cm³/mol. The van der Waals surface area contributed by atoms with Crippen molar-refractivity contribution in [2.24, 2.45) is 5.92 Å². The molecule has 0 bridgehead atoms. The van der Waals surface area contributed by atoms with E-state index < -0.39 is 0 Å². The zero-order valence-corrected chi connectivity index (χ0v) is 14.1. The summed E-state index contributed by atoms with van der Waals surface area (Å²) in [6.45, 7) is 1.60. The van der Waals surface area contributed by atoms with Gasteiger partial charge in [0, 0.05) is 26.1 Å². The molecule has 2 heterocycles. The minimum Gasteiger partial charge on any atom is -0.469 e. The van der Waals surface area contributed by atoms with Gasteiger partial charge in [0.2, 0.25) is 5.91 Å². The summed E-state index contributed by atoms with van der Waals surface area (Å²) in [5.41, 5.74) is 0. The van der Waals surface area contributed by atoms with Crippen LogP contribution in [-0.4, -0.2) is 49.4 Å². The molecule has 7 heteroatoms. The molecule has 0 aromatic carbocycles. The van der Waals surface area contributed by atoms with Gasteiger partial charge in [-0.1, -0.05) is 6.07 Å². The number of rotatable bonds is 6. The molecule has 2 rings (SSSR count). The third-order valence-electron chi connectivity index (χ3n) is 3.90. The number of hydrogen-bond donors (Lipinski definition) is 1. The number of thiophene rings is 1. The van der Waals surface area contributed by atoms with Crippen molar-refractivity contribution in [2.45, 2.75) is 25.7 Å². The van der Waals surface area contributed by atoms with Crippen LogP contribution in [0.5, 0.6) is 0 Å². The van der Waals surface area contributed by atoms with Gasteiger partial charge >= 0.3 is 5.97 Å². The molecule has 1 aromatic rings. The second-order valence-corrected chi connectivity index (χ2v) is 6.49. The largest absolute Gasteiger partial charge is 0.469 e. The number of likely N-dealkylation sites (tertiary alicyclic amines) is 1. The van der Waals surface area contributed by atoms with E-state index in [9.17, 15) is 14.4 Å². The minimum absolute atomic E-state index is 0.00295. The molecule has 0 radical (unpaired) electrons. The highest BCUT2D eigenvalue weighted by Gasteiger charge is 2.29. The van der Waals surface area contributed by atoms with Crippen LogP contribution in [0, 0.1) is 5.92 Å². The van der Waals surface area contributed by atoms with E-state index in [-0.39, 0.29) is 23.7 Å². The fraction of sp³-hybridized carbons (Fsp3) is 0.562. The molecule has 0 unspecified atom stereocenters. The van der Waals surface area contributed by atoms with E-state index in [1.54, 1.807) is 4.90 Å². The van der Waals surface area contributed by atoms with Crippen LogP contribution in [0.2, 0.25) is 0 Å². The highest BCUT2D eigenvalue weighted by molar-refractivity contribution is 7.12. The molecule has 6 nitrogen and oxygen atoms in total. The summed E-state index contributed by atoms with van der Waals surface area (Å²) in [6.07, 6.45) is 2.47. The van der Waals surface area contributed by atoms with Gasteiger partial charge < -0.3 is 15.0 Å². The average molecular weight is 338 g/mol. The third-order valence-corrected chi connectivity index (χ3v) is 4.75. The van der Waals surface area contributed by atoms with Crippen LogP contribution in [0.4, 0.5) is 0 Å². The summed E-state index contributed by atoms with van der Waals surface area (Å²) >= 11 is 1.42. The first-order valence-electron chi connectivity index (χ1n) is 7.79. The Morgan fingerprint density at radius 1 is 1.43 bits per heavy atom. The first-order chi connectivity index (χ1) is 11.1. The SMILES string of the molecule is COC(=O)CCCNC(=O)[C@@H]1CCCN(C(=O)c2cccs2)C1. The van der Waals surface area contributed by atoms with Crippen molar-refractivity contribution < 1.29 is 19.1 Å². The molecule has 1 aliphatic heterocycles. The standard InChI is InChI=1S/C16H22N2O4S/c1-22-14(19)7-2-8-17-15(20)12-5-3-9-18(11-12)16(21)13-6-4-10-23-13/h4,6,10,12H,2-3,5,7-9,11H2,1H3,(H,17,20)/t12-/m1/s1. The molecular weight excluding hydrogens is 316 g/mol. The molecule has 126 valence electrons. The van der Waals surface area contributed by atoms with Crippen LogP contribution in [0.15, 0.2) is 17.5 Å². The summed E-state index contributed by atoms with van der Waals surface area (Å²) in [4.78, 5) is 38.0. The lowest BCUT2D eigenvalue weighted by atomic mass is 9.97. The lowest BCUT2D eigenvalue weighted by Gasteiger charge is -2.31. The Hall–Kier alpha value is -1.89. The fourth-order valence-electron chi connectivity index (χ4n) is 2.62. The van der Waals surface area contributed by atoms with Gasteiger partial charge in [0.1, 0.15) is 0 Å². The molecule has 0 aliphatic carbocycles. The van der Waals surface area contributed by atoms with Gasteiger partial charge in [-0.2, -0.15) is 0 Å². The van der Waals surface area contributed by atoms with Crippen molar-refractivity contribution in [3.05, 3.63) is 22.4 Å². The number of nitrogens with one attached hydrogen (secondary N) is 1. The van der Waals surface area contributed by atoms with Crippen molar-refractivity contribution in [1.29, 1.82) is 0 Å². The van der Waals surface area contributed by atoms with Crippen LogP contribution >= 0.6 is 11.3 Å². The number of hydrogen-bond acceptors (Lipinski definition) is 5. The Morgan fingerprint density at radius 2 is 2.26 bits per heavy atom. The zero-order chi connectivity index (χ0) is 16.7. The van der Waals surface area contributed by atoms with Gasteiger partial charge in [0.15, 0.2) is 0 Å². The Morgan fingerprint density at radius 3 is 2.96 bits per heavy atom. The summed E-state index contributed by atoms with van der Waals surface area (Å²) in [5.74, 6) is -0.489. The van der Waals surface area contributed by atoms with Crippen molar-refractivity contribution in [2.75, 3.05) is 26.7 Å². The van der Waals surface area contributed by atoms with E-state index in [1.807, 2.05) is 17.5 Å². The van der Waals surface area contributed by atoms with E-state index in [1.165, 1.54) is 18.4 Å². The highest BCUT2D eigenvalue weighted by atomic mass is 32.1. The molecule has 23 heavy (non-hydrogen) atoms. The maximum atomic E-state index is 12.4. The minimum atomic E-state index is -0.273. The van der Waals surface area contributed by atoms with Gasteiger partial charge in [-0.3, -0.25) is 14.4 Å². The number of carbonyl (C=O) groups excluding carboxylic acids is 3. The average Bonchev–Trinajstić information content (AvgIpc) is 3.12. The number of ether oxygens (including phenoxy) is 1. The van der Waals surface area contributed by atoms with E-state index >= 15 is 0 Å². The second-order valence-electron chi connectivity index (χ2n) is 5.54. The summed E-state index contributed by atoms with van der Waals surface area (Å²) in [5, 5.41) is 4.72. The quantitative estimate of drug-likeness (QED) is 0.632.